The highest BCUT2D eigenvalue weighted by molar-refractivity contribution is 5.93. The first-order valence-corrected chi connectivity index (χ1v) is 4.85. The van der Waals surface area contributed by atoms with E-state index in [1.165, 1.54) is 6.20 Å². The minimum absolute atomic E-state index is 0.354. The number of amides is 1. The fourth-order valence-electron chi connectivity index (χ4n) is 1.55. The van der Waals surface area contributed by atoms with Gasteiger partial charge < -0.3 is 15.2 Å². The third-order valence-electron chi connectivity index (χ3n) is 2.35. The van der Waals surface area contributed by atoms with E-state index in [0.29, 0.717) is 18.7 Å². The van der Waals surface area contributed by atoms with Gasteiger partial charge in [-0.3, -0.25) is 9.89 Å². The first kappa shape index (κ1) is 10.6. The maximum atomic E-state index is 11.6. The number of aromatic amines is 1. The highest BCUT2D eigenvalue weighted by Crippen LogP contribution is 2.20. The predicted octanol–water partition coefficient (Wildman–Crippen LogP) is -0.0196. The largest absolute Gasteiger partial charge is 0.479 e. The van der Waals surface area contributed by atoms with Crippen molar-refractivity contribution < 1.29 is 19.4 Å². The first-order valence-electron chi connectivity index (χ1n) is 4.85. The molecule has 0 aliphatic carbocycles. The lowest BCUT2D eigenvalue weighted by atomic mass is 10.2. The molecule has 2 atom stereocenters. The third kappa shape index (κ3) is 2.19. The van der Waals surface area contributed by atoms with Gasteiger partial charge in [-0.1, -0.05) is 0 Å². The second-order valence-corrected chi connectivity index (χ2v) is 3.49. The summed E-state index contributed by atoms with van der Waals surface area (Å²) in [5, 5.41) is 17.5. The minimum Gasteiger partial charge on any atom is -0.479 e. The maximum Gasteiger partial charge on any atom is 0.332 e. The Morgan fingerprint density at radius 3 is 2.81 bits per heavy atom. The molecule has 1 fully saturated rings. The smallest absolute Gasteiger partial charge is 0.332 e. The molecule has 1 amide bonds. The van der Waals surface area contributed by atoms with Crippen molar-refractivity contribution in [2.24, 2.45) is 0 Å². The lowest BCUT2D eigenvalue weighted by Gasteiger charge is -2.10. The summed E-state index contributed by atoms with van der Waals surface area (Å²) >= 11 is 0. The Kier molecular flexibility index (Phi) is 2.86. The van der Waals surface area contributed by atoms with Gasteiger partial charge in [0.2, 0.25) is 0 Å². The fourth-order valence-corrected chi connectivity index (χ4v) is 1.55. The van der Waals surface area contributed by atoms with E-state index in [4.69, 9.17) is 9.84 Å². The van der Waals surface area contributed by atoms with E-state index < -0.39 is 18.2 Å². The number of H-pyrrole nitrogens is 1. The lowest BCUT2D eigenvalue weighted by Crippen LogP contribution is -2.30. The molecule has 7 heteroatoms. The van der Waals surface area contributed by atoms with Gasteiger partial charge in [-0.15, -0.1) is 0 Å². The zero-order valence-corrected chi connectivity index (χ0v) is 8.34. The van der Waals surface area contributed by atoms with Gasteiger partial charge in [0.25, 0.3) is 5.91 Å². The Morgan fingerprint density at radius 1 is 1.50 bits per heavy atom. The molecule has 1 saturated heterocycles. The number of carbonyl (C=O) groups excluding carboxylic acids is 1. The second-order valence-electron chi connectivity index (χ2n) is 3.49. The van der Waals surface area contributed by atoms with Crippen LogP contribution in [0.1, 0.15) is 12.8 Å². The van der Waals surface area contributed by atoms with Gasteiger partial charge in [-0.05, 0) is 12.8 Å². The SMILES string of the molecule is O=C(Nc1ccn[nH]1)[C@@H]1CC[C@H](C(=O)O)O1. The molecule has 1 aliphatic heterocycles. The standard InChI is InChI=1S/C9H11N3O4/c13-8(11-7-3-4-10-12-7)5-1-2-6(16-5)9(14)15/h3-6H,1-2H2,(H,14,15)(H2,10,11,12,13)/t5-,6+/m0/s1. The van der Waals surface area contributed by atoms with Crippen LogP contribution < -0.4 is 5.32 Å². The number of aliphatic carboxylic acids is 1. The minimum atomic E-state index is -1.03. The van der Waals surface area contributed by atoms with Gasteiger partial charge in [0.1, 0.15) is 11.9 Å². The van der Waals surface area contributed by atoms with Crippen LogP contribution in [0.4, 0.5) is 5.82 Å². The van der Waals surface area contributed by atoms with Gasteiger partial charge in [0.15, 0.2) is 6.10 Å². The van der Waals surface area contributed by atoms with E-state index in [1.807, 2.05) is 0 Å². The van der Waals surface area contributed by atoms with Crippen LogP contribution in [0, 0.1) is 0 Å². The number of nitrogens with zero attached hydrogens (tertiary/aromatic N) is 1. The number of rotatable bonds is 3. The Balaban J connectivity index is 1.90. The van der Waals surface area contributed by atoms with Crippen LogP contribution in [-0.4, -0.2) is 39.4 Å². The van der Waals surface area contributed by atoms with E-state index in [2.05, 4.69) is 15.5 Å². The van der Waals surface area contributed by atoms with Gasteiger partial charge >= 0.3 is 5.97 Å². The average Bonchev–Trinajstić information content (AvgIpc) is 2.86. The second kappa shape index (κ2) is 4.31. The Hall–Kier alpha value is -1.89. The molecule has 16 heavy (non-hydrogen) atoms. The number of aromatic nitrogens is 2. The van der Waals surface area contributed by atoms with Gasteiger partial charge in [0.05, 0.1) is 6.20 Å². The maximum absolute atomic E-state index is 11.6. The van der Waals surface area contributed by atoms with Gasteiger partial charge in [-0.2, -0.15) is 5.10 Å². The van der Waals surface area contributed by atoms with Crippen LogP contribution in [0.5, 0.6) is 0 Å². The number of hydrogen-bond donors (Lipinski definition) is 3. The number of anilines is 1. The molecule has 86 valence electrons. The zero-order chi connectivity index (χ0) is 11.5. The number of carboxylic acids is 1. The molecule has 0 spiro atoms. The van der Waals surface area contributed by atoms with Gasteiger partial charge in [0, 0.05) is 6.07 Å². The van der Waals surface area contributed by atoms with Crippen LogP contribution in [0.15, 0.2) is 12.3 Å². The van der Waals surface area contributed by atoms with Crippen LogP contribution >= 0.6 is 0 Å². The Bertz CT molecular complexity index is 389. The van der Waals surface area contributed by atoms with Crippen molar-refractivity contribution in [2.45, 2.75) is 25.0 Å². The van der Waals surface area contributed by atoms with Gasteiger partial charge in [-0.25, -0.2) is 4.79 Å². The fraction of sp³-hybridized carbons (Fsp3) is 0.444. The quantitative estimate of drug-likeness (QED) is 0.670. The molecule has 7 nitrogen and oxygen atoms in total. The highest BCUT2D eigenvalue weighted by Gasteiger charge is 2.34. The van der Waals surface area contributed by atoms with Crippen molar-refractivity contribution in [1.82, 2.24) is 10.2 Å². The van der Waals surface area contributed by atoms with Crippen molar-refractivity contribution in [2.75, 3.05) is 5.32 Å². The van der Waals surface area contributed by atoms with E-state index in [9.17, 15) is 9.59 Å². The van der Waals surface area contributed by atoms with E-state index in [-0.39, 0.29) is 5.91 Å². The molecular formula is C9H11N3O4. The Morgan fingerprint density at radius 2 is 2.25 bits per heavy atom. The van der Waals surface area contributed by atoms with Crippen molar-refractivity contribution in [3.8, 4) is 0 Å². The molecule has 1 aliphatic rings. The van der Waals surface area contributed by atoms with Crippen LogP contribution in [0.3, 0.4) is 0 Å². The third-order valence-corrected chi connectivity index (χ3v) is 2.35. The molecule has 0 aromatic carbocycles. The summed E-state index contributed by atoms with van der Waals surface area (Å²) in [7, 11) is 0. The number of carbonyl (C=O) groups is 2. The van der Waals surface area contributed by atoms with E-state index in [0.717, 1.165) is 0 Å². The zero-order valence-electron chi connectivity index (χ0n) is 8.34. The average molecular weight is 225 g/mol. The molecule has 3 N–H and O–H groups in total. The van der Waals surface area contributed by atoms with E-state index in [1.54, 1.807) is 6.07 Å². The summed E-state index contributed by atoms with van der Waals surface area (Å²) in [6.07, 6.45) is 0.695. The monoisotopic (exact) mass is 225 g/mol. The normalized spacial score (nSPS) is 24.2. The van der Waals surface area contributed by atoms with Crippen LogP contribution in [0.2, 0.25) is 0 Å². The van der Waals surface area contributed by atoms with Crippen LogP contribution in [0.25, 0.3) is 0 Å². The molecular weight excluding hydrogens is 214 g/mol. The molecule has 0 radical (unpaired) electrons. The topological polar surface area (TPSA) is 104 Å². The lowest BCUT2D eigenvalue weighted by molar-refractivity contribution is -0.150. The summed E-state index contributed by atoms with van der Waals surface area (Å²) in [6.45, 7) is 0. The summed E-state index contributed by atoms with van der Waals surface area (Å²) in [6, 6.07) is 1.60. The first-order chi connectivity index (χ1) is 7.66. The summed E-state index contributed by atoms with van der Waals surface area (Å²) in [4.78, 5) is 22.2. The predicted molar refractivity (Wildman–Crippen MR) is 52.7 cm³/mol. The van der Waals surface area contributed by atoms with Crippen molar-refractivity contribution >= 4 is 17.7 Å². The number of ether oxygens (including phenoxy) is 1. The van der Waals surface area contributed by atoms with Crippen LogP contribution in [-0.2, 0) is 14.3 Å². The molecule has 1 aromatic heterocycles. The Labute approximate surface area is 90.8 Å². The van der Waals surface area contributed by atoms with E-state index >= 15 is 0 Å². The number of nitrogens with one attached hydrogen (secondary N) is 2. The molecule has 2 rings (SSSR count). The summed E-state index contributed by atoms with van der Waals surface area (Å²) in [5.41, 5.74) is 0. The molecule has 2 heterocycles. The number of hydrogen-bond acceptors (Lipinski definition) is 4. The summed E-state index contributed by atoms with van der Waals surface area (Å²) in [5.74, 6) is -0.919. The summed E-state index contributed by atoms with van der Waals surface area (Å²) < 4.78 is 5.09. The highest BCUT2D eigenvalue weighted by atomic mass is 16.5. The van der Waals surface area contributed by atoms with Crippen molar-refractivity contribution in [3.63, 3.8) is 0 Å². The molecule has 0 saturated carbocycles. The number of carboxylic acid groups (broad SMARTS) is 1. The molecule has 0 bridgehead atoms. The molecule has 1 aromatic rings. The van der Waals surface area contributed by atoms with Crippen molar-refractivity contribution in [1.29, 1.82) is 0 Å². The molecule has 0 unspecified atom stereocenters. The van der Waals surface area contributed by atoms with Crippen molar-refractivity contribution in [3.05, 3.63) is 12.3 Å².